The Balaban J connectivity index is 0.000000170. The van der Waals surface area contributed by atoms with Crippen LogP contribution in [0, 0.1) is 22.7 Å². The molecule has 5 heteroatoms. The van der Waals surface area contributed by atoms with Gasteiger partial charge < -0.3 is 20.5 Å². The molecule has 0 amide bonds. The van der Waals surface area contributed by atoms with E-state index in [1.165, 1.54) is 106 Å². The summed E-state index contributed by atoms with van der Waals surface area (Å²) in [6, 6.07) is 26.6. The molecule has 0 unspecified atom stereocenters. The lowest BCUT2D eigenvalue weighted by molar-refractivity contribution is 0.0881. The van der Waals surface area contributed by atoms with Gasteiger partial charge in [0.15, 0.2) is 0 Å². The zero-order valence-electron chi connectivity index (χ0n) is 36.3. The zero-order chi connectivity index (χ0) is 40.4. The molecule has 4 saturated carbocycles. The second-order valence-electron chi connectivity index (χ2n) is 20.1. The Morgan fingerprint density at radius 1 is 0.561 bits per heavy atom. The van der Waals surface area contributed by atoms with Gasteiger partial charge in [0.1, 0.15) is 17.8 Å². The smallest absolute Gasteiger partial charge is 0.150 e. The molecule has 0 spiro atoms. The third-order valence-corrected chi connectivity index (χ3v) is 13.6. The van der Waals surface area contributed by atoms with Gasteiger partial charge in [-0.1, -0.05) is 104 Å². The minimum Gasteiger partial charge on any atom is -0.490 e. The van der Waals surface area contributed by atoms with Crippen LogP contribution < -0.4 is 20.5 Å². The first-order valence-electron chi connectivity index (χ1n) is 22.7. The van der Waals surface area contributed by atoms with Crippen LogP contribution in [0.2, 0.25) is 0 Å². The van der Waals surface area contributed by atoms with Gasteiger partial charge in [0, 0.05) is 24.2 Å². The first-order valence-corrected chi connectivity index (χ1v) is 22.7. The fourth-order valence-electron chi connectivity index (χ4n) is 9.67. The number of carbonyl (C=O) groups is 1. The number of rotatable bonds is 8. The summed E-state index contributed by atoms with van der Waals surface area (Å²) in [7, 11) is 0. The van der Waals surface area contributed by atoms with E-state index in [9.17, 15) is 4.79 Å². The van der Waals surface area contributed by atoms with Crippen molar-refractivity contribution in [3.05, 3.63) is 83.9 Å². The maximum Gasteiger partial charge on any atom is 0.150 e. The van der Waals surface area contributed by atoms with E-state index < -0.39 is 0 Å². The van der Waals surface area contributed by atoms with E-state index in [4.69, 9.17) is 15.2 Å². The number of hydrogen-bond acceptors (Lipinski definition) is 5. The molecule has 0 aromatic heterocycles. The summed E-state index contributed by atoms with van der Waals surface area (Å²) in [6.07, 6.45) is 22.0. The van der Waals surface area contributed by atoms with E-state index in [1.54, 1.807) is 0 Å². The minimum atomic E-state index is 0.334. The summed E-state index contributed by atoms with van der Waals surface area (Å²) in [5.74, 6) is 3.61. The number of ether oxygens (including phenoxy) is 2. The Morgan fingerprint density at radius 2 is 1.00 bits per heavy atom. The van der Waals surface area contributed by atoms with E-state index in [-0.39, 0.29) is 0 Å². The van der Waals surface area contributed by atoms with E-state index in [1.807, 2.05) is 30.3 Å². The number of nitrogens with two attached hydrogens (primary N) is 1. The van der Waals surface area contributed by atoms with Gasteiger partial charge in [-0.2, -0.15) is 0 Å². The molecule has 5 nitrogen and oxygen atoms in total. The van der Waals surface area contributed by atoms with Crippen molar-refractivity contribution in [3.63, 3.8) is 0 Å². The Bertz CT molecular complexity index is 1840. The minimum absolute atomic E-state index is 0.334. The number of nitrogens with one attached hydrogen (secondary N) is 1. The summed E-state index contributed by atoms with van der Waals surface area (Å²) >= 11 is 0. The molecule has 4 fully saturated rings. The standard InChI is InChI=1S/C26H37NO.C21H26O2.C5H11N/c1-26(2,3)22-11-14-24(15-12-22)28-25-13-10-20-16-19(8-9-21(20)17-25)18-27-23-6-4-5-7-23;1-21(2,3)18-7-10-19(11-8-18)23-20-9-6-16-12-15(14-22)4-5-17(16)13-20;6-5-3-1-2-4-5/h8-10,13,16-17,22-24,27H,4-7,11-12,14-15,18H2,1-3H3;4-6,9,12-14,18-19H,7-8,10-11H2,1-3H3;5H,1-4,6H2. The van der Waals surface area contributed by atoms with Crippen LogP contribution in [0.5, 0.6) is 11.5 Å². The molecule has 310 valence electrons. The molecule has 0 saturated heterocycles. The number of aldehydes is 1. The monoisotopic (exact) mass is 775 g/mol. The van der Waals surface area contributed by atoms with Crippen molar-refractivity contribution in [3.8, 4) is 11.5 Å². The molecule has 3 N–H and O–H groups in total. The average molecular weight is 775 g/mol. The number of hydrogen-bond donors (Lipinski definition) is 2. The van der Waals surface area contributed by atoms with Crippen molar-refractivity contribution in [2.75, 3.05) is 0 Å². The maximum absolute atomic E-state index is 10.9. The van der Waals surface area contributed by atoms with Crippen LogP contribution in [0.25, 0.3) is 21.5 Å². The highest BCUT2D eigenvalue weighted by molar-refractivity contribution is 5.89. The lowest BCUT2D eigenvalue weighted by atomic mass is 9.72. The van der Waals surface area contributed by atoms with Crippen LogP contribution in [0.3, 0.4) is 0 Å². The van der Waals surface area contributed by atoms with Gasteiger partial charge in [0.25, 0.3) is 0 Å². The van der Waals surface area contributed by atoms with Crippen LogP contribution in [0.1, 0.15) is 160 Å². The van der Waals surface area contributed by atoms with Crippen LogP contribution in [-0.2, 0) is 6.54 Å². The number of benzene rings is 4. The molecule has 0 aliphatic heterocycles. The fraction of sp³-hybridized carbons (Fsp3) is 0.596. The van der Waals surface area contributed by atoms with Crippen molar-refractivity contribution in [1.29, 1.82) is 0 Å². The fourth-order valence-corrected chi connectivity index (χ4v) is 9.67. The van der Waals surface area contributed by atoms with Crippen molar-refractivity contribution in [1.82, 2.24) is 5.32 Å². The lowest BCUT2D eigenvalue weighted by Gasteiger charge is -2.37. The van der Waals surface area contributed by atoms with Crippen molar-refractivity contribution < 1.29 is 14.3 Å². The van der Waals surface area contributed by atoms with Gasteiger partial charge in [-0.15, -0.1) is 0 Å². The Kier molecular flexibility index (Phi) is 15.2. The molecule has 0 atom stereocenters. The van der Waals surface area contributed by atoms with Crippen molar-refractivity contribution >= 4 is 27.8 Å². The van der Waals surface area contributed by atoms with Gasteiger partial charge >= 0.3 is 0 Å². The molecule has 0 heterocycles. The predicted octanol–water partition coefficient (Wildman–Crippen LogP) is 13.4. The predicted molar refractivity (Wildman–Crippen MR) is 240 cm³/mol. The van der Waals surface area contributed by atoms with E-state index >= 15 is 0 Å². The largest absolute Gasteiger partial charge is 0.490 e. The van der Waals surface area contributed by atoms with Crippen LogP contribution >= 0.6 is 0 Å². The maximum atomic E-state index is 10.9. The molecule has 8 rings (SSSR count). The average Bonchev–Trinajstić information content (AvgIpc) is 3.91. The molecule has 4 aliphatic rings. The number of fused-ring (bicyclic) bond motifs is 2. The van der Waals surface area contributed by atoms with Gasteiger partial charge in [-0.25, -0.2) is 0 Å². The molecule has 4 aromatic carbocycles. The topological polar surface area (TPSA) is 73.6 Å². The SMILES string of the molecule is CC(C)(C)C1CCC(Oc2ccc3cc(C=O)ccc3c2)CC1.CC(C)(C)C1CCC(Oc2ccc3cc(CNC4CCCC4)ccc3c2)CC1.NC1CCCC1. The molecular formula is C52H74N2O3. The molecule has 0 bridgehead atoms. The molecular weight excluding hydrogens is 701 g/mol. The summed E-state index contributed by atoms with van der Waals surface area (Å²) in [5.41, 5.74) is 8.47. The van der Waals surface area contributed by atoms with Crippen LogP contribution in [0.15, 0.2) is 72.8 Å². The quantitative estimate of drug-likeness (QED) is 0.174. The van der Waals surface area contributed by atoms with Crippen LogP contribution in [-0.4, -0.2) is 30.6 Å². The summed E-state index contributed by atoms with van der Waals surface area (Å²) in [6.45, 7) is 15.1. The lowest BCUT2D eigenvalue weighted by Crippen LogP contribution is -2.30. The second kappa shape index (κ2) is 20.0. The molecule has 57 heavy (non-hydrogen) atoms. The molecule has 0 radical (unpaired) electrons. The summed E-state index contributed by atoms with van der Waals surface area (Å²) in [5, 5.41) is 8.52. The zero-order valence-corrected chi connectivity index (χ0v) is 36.3. The highest BCUT2D eigenvalue weighted by Gasteiger charge is 2.31. The normalized spacial score (nSPS) is 23.4. The van der Waals surface area contributed by atoms with Crippen LogP contribution in [0.4, 0.5) is 0 Å². The van der Waals surface area contributed by atoms with Crippen molar-refractivity contribution in [2.45, 2.75) is 175 Å². The Labute approximate surface area is 345 Å². The molecule has 4 aliphatic carbocycles. The second-order valence-corrected chi connectivity index (χ2v) is 20.1. The number of carbonyl (C=O) groups excluding carboxylic acids is 1. The van der Waals surface area contributed by atoms with E-state index in [0.29, 0.717) is 34.6 Å². The van der Waals surface area contributed by atoms with Gasteiger partial charge in [-0.05, 0) is 163 Å². The van der Waals surface area contributed by atoms with Crippen molar-refractivity contribution in [2.24, 2.45) is 28.4 Å². The van der Waals surface area contributed by atoms with Gasteiger partial charge in [-0.3, -0.25) is 4.79 Å². The summed E-state index contributed by atoms with van der Waals surface area (Å²) < 4.78 is 12.6. The van der Waals surface area contributed by atoms with Gasteiger partial charge in [0.05, 0.1) is 12.2 Å². The third-order valence-electron chi connectivity index (χ3n) is 13.6. The molecule has 4 aromatic rings. The first kappa shape index (κ1) is 43.2. The Morgan fingerprint density at radius 3 is 1.46 bits per heavy atom. The Hall–Kier alpha value is -3.41. The summed E-state index contributed by atoms with van der Waals surface area (Å²) in [4.78, 5) is 10.9. The van der Waals surface area contributed by atoms with E-state index in [0.717, 1.165) is 65.8 Å². The van der Waals surface area contributed by atoms with E-state index in [2.05, 4.69) is 89.3 Å². The highest BCUT2D eigenvalue weighted by atomic mass is 16.5. The van der Waals surface area contributed by atoms with Gasteiger partial charge in [0.2, 0.25) is 0 Å². The third kappa shape index (κ3) is 13.0. The highest BCUT2D eigenvalue weighted by Crippen LogP contribution is 2.40. The first-order chi connectivity index (χ1) is 27.3.